The number of aromatic nitrogens is 2. The molecule has 1 aliphatic rings. The van der Waals surface area contributed by atoms with E-state index >= 15 is 0 Å². The van der Waals surface area contributed by atoms with Crippen LogP contribution in [0.5, 0.6) is 5.75 Å². The zero-order valence-electron chi connectivity index (χ0n) is 15.1. The van der Waals surface area contributed by atoms with E-state index < -0.39 is 0 Å². The average Bonchev–Trinajstić information content (AvgIpc) is 2.58. The molecule has 0 spiro atoms. The minimum absolute atomic E-state index is 0.564. The Labute approximate surface area is 153 Å². The Hall–Kier alpha value is -2.05. The minimum atomic E-state index is 0.564. The van der Waals surface area contributed by atoms with Crippen molar-refractivity contribution in [1.29, 1.82) is 0 Å². The van der Waals surface area contributed by atoms with E-state index in [4.69, 9.17) is 21.3 Å². The van der Waals surface area contributed by atoms with Gasteiger partial charge in [-0.25, -0.2) is 4.98 Å². The molecule has 0 radical (unpaired) electrons. The molecule has 0 aliphatic carbocycles. The highest BCUT2D eigenvalue weighted by Gasteiger charge is 2.17. The van der Waals surface area contributed by atoms with Crippen LogP contribution in [0.1, 0.15) is 11.3 Å². The van der Waals surface area contributed by atoms with Gasteiger partial charge in [0.25, 0.3) is 0 Å². The van der Waals surface area contributed by atoms with Crippen LogP contribution in [0.2, 0.25) is 5.02 Å². The summed E-state index contributed by atoms with van der Waals surface area (Å²) in [5.74, 6) is 2.18. The number of nitrogens with zero attached hydrogens (tertiary/aromatic N) is 4. The van der Waals surface area contributed by atoms with Gasteiger partial charge in [0.15, 0.2) is 0 Å². The number of nitrogens with one attached hydrogen (secondary N) is 1. The number of halogens is 1. The molecule has 134 valence electrons. The molecule has 1 fully saturated rings. The van der Waals surface area contributed by atoms with Gasteiger partial charge in [-0.2, -0.15) is 4.98 Å². The topological polar surface area (TPSA) is 53.5 Å². The van der Waals surface area contributed by atoms with Crippen LogP contribution in [-0.2, 0) is 0 Å². The van der Waals surface area contributed by atoms with Gasteiger partial charge < -0.3 is 19.9 Å². The second-order valence-electron chi connectivity index (χ2n) is 6.41. The van der Waals surface area contributed by atoms with E-state index in [0.29, 0.717) is 16.7 Å². The Morgan fingerprint density at radius 1 is 1.08 bits per heavy atom. The molecule has 1 saturated heterocycles. The van der Waals surface area contributed by atoms with Crippen LogP contribution in [0.3, 0.4) is 0 Å². The molecule has 2 heterocycles. The van der Waals surface area contributed by atoms with Crippen LogP contribution in [-0.4, -0.2) is 55.2 Å². The highest BCUT2D eigenvalue weighted by molar-refractivity contribution is 6.31. The van der Waals surface area contributed by atoms with Crippen molar-refractivity contribution in [3.8, 4) is 5.75 Å². The van der Waals surface area contributed by atoms with Gasteiger partial charge >= 0.3 is 0 Å². The van der Waals surface area contributed by atoms with E-state index in [1.54, 1.807) is 13.2 Å². The summed E-state index contributed by atoms with van der Waals surface area (Å²) in [5.41, 5.74) is 2.70. The third-order valence-corrected chi connectivity index (χ3v) is 4.80. The monoisotopic (exact) mass is 361 g/mol. The van der Waals surface area contributed by atoms with Gasteiger partial charge in [-0.15, -0.1) is 0 Å². The second kappa shape index (κ2) is 7.45. The summed E-state index contributed by atoms with van der Waals surface area (Å²) in [6.45, 7) is 7.95. The summed E-state index contributed by atoms with van der Waals surface area (Å²) in [6, 6.07) is 5.78. The van der Waals surface area contributed by atoms with Crippen LogP contribution in [0, 0.1) is 13.8 Å². The van der Waals surface area contributed by atoms with E-state index in [-0.39, 0.29) is 0 Å². The van der Waals surface area contributed by atoms with Gasteiger partial charge in [0.05, 0.1) is 12.8 Å². The Morgan fingerprint density at radius 3 is 2.48 bits per heavy atom. The maximum absolute atomic E-state index is 6.18. The number of hydrogen-bond donors (Lipinski definition) is 1. The zero-order chi connectivity index (χ0) is 18.0. The molecular formula is C18H24ClN5O. The van der Waals surface area contributed by atoms with Gasteiger partial charge in [-0.3, -0.25) is 0 Å². The van der Waals surface area contributed by atoms with Crippen LogP contribution in [0.4, 0.5) is 17.5 Å². The lowest BCUT2D eigenvalue weighted by molar-refractivity contribution is 0.312. The zero-order valence-corrected chi connectivity index (χ0v) is 15.9. The van der Waals surface area contributed by atoms with Gasteiger partial charge in [0.1, 0.15) is 11.6 Å². The van der Waals surface area contributed by atoms with Crippen molar-refractivity contribution in [3.63, 3.8) is 0 Å². The Kier molecular flexibility index (Phi) is 5.30. The van der Waals surface area contributed by atoms with Gasteiger partial charge in [0.2, 0.25) is 5.95 Å². The first-order valence-electron chi connectivity index (χ1n) is 8.36. The van der Waals surface area contributed by atoms with Crippen molar-refractivity contribution in [3.05, 3.63) is 34.5 Å². The van der Waals surface area contributed by atoms with E-state index in [2.05, 4.69) is 27.1 Å². The Bertz CT molecular complexity index is 759. The van der Waals surface area contributed by atoms with Gasteiger partial charge in [-0.1, -0.05) is 11.6 Å². The van der Waals surface area contributed by atoms with Crippen molar-refractivity contribution in [2.45, 2.75) is 13.8 Å². The molecule has 0 amide bonds. The van der Waals surface area contributed by atoms with Crippen LogP contribution in [0.25, 0.3) is 0 Å². The lowest BCUT2D eigenvalue weighted by Crippen LogP contribution is -2.44. The van der Waals surface area contributed by atoms with Gasteiger partial charge in [0, 0.05) is 49.0 Å². The molecule has 6 nitrogen and oxygen atoms in total. The highest BCUT2D eigenvalue weighted by atomic mass is 35.5. The minimum Gasteiger partial charge on any atom is -0.495 e. The standard InChI is InChI=1S/C18H24ClN5O/c1-12-9-15(16(25-4)11-14(12)19)21-18-20-13(2)10-17(22-18)24-7-5-23(3)6-8-24/h9-11H,5-8H2,1-4H3,(H,20,21,22). The first-order valence-corrected chi connectivity index (χ1v) is 8.74. The van der Waals surface area contributed by atoms with Crippen LogP contribution in [0.15, 0.2) is 18.2 Å². The van der Waals surface area contributed by atoms with Crippen molar-refractivity contribution in [1.82, 2.24) is 14.9 Å². The van der Waals surface area contributed by atoms with E-state index in [9.17, 15) is 0 Å². The summed E-state index contributed by atoms with van der Waals surface area (Å²) >= 11 is 6.18. The first-order chi connectivity index (χ1) is 12.0. The number of rotatable bonds is 4. The van der Waals surface area contributed by atoms with Gasteiger partial charge in [-0.05, 0) is 32.5 Å². The molecule has 7 heteroatoms. The molecule has 3 rings (SSSR count). The summed E-state index contributed by atoms with van der Waals surface area (Å²) in [5, 5.41) is 3.95. The van der Waals surface area contributed by atoms with E-state index in [1.165, 1.54) is 0 Å². The largest absolute Gasteiger partial charge is 0.495 e. The predicted molar refractivity (Wildman–Crippen MR) is 103 cm³/mol. The molecule has 2 aromatic rings. The Balaban J connectivity index is 1.87. The van der Waals surface area contributed by atoms with Crippen molar-refractivity contribution in [2.75, 3.05) is 50.6 Å². The lowest BCUT2D eigenvalue weighted by Gasteiger charge is -2.33. The van der Waals surface area contributed by atoms with Crippen LogP contribution >= 0.6 is 11.6 Å². The van der Waals surface area contributed by atoms with E-state index in [0.717, 1.165) is 48.9 Å². The summed E-state index contributed by atoms with van der Waals surface area (Å²) in [4.78, 5) is 13.8. The number of likely N-dealkylation sites (N-methyl/N-ethyl adjacent to an activating group) is 1. The fraction of sp³-hybridized carbons (Fsp3) is 0.444. The van der Waals surface area contributed by atoms with Crippen molar-refractivity contribution >= 4 is 29.1 Å². The Morgan fingerprint density at radius 2 is 1.80 bits per heavy atom. The molecule has 0 bridgehead atoms. The number of hydrogen-bond acceptors (Lipinski definition) is 6. The number of piperazine rings is 1. The smallest absolute Gasteiger partial charge is 0.229 e. The second-order valence-corrected chi connectivity index (χ2v) is 6.82. The third-order valence-electron chi connectivity index (χ3n) is 4.40. The molecular weight excluding hydrogens is 338 g/mol. The number of benzene rings is 1. The molecule has 0 unspecified atom stereocenters. The molecule has 25 heavy (non-hydrogen) atoms. The quantitative estimate of drug-likeness (QED) is 0.902. The number of ether oxygens (including phenoxy) is 1. The summed E-state index contributed by atoms with van der Waals surface area (Å²) in [7, 11) is 3.77. The fourth-order valence-corrected chi connectivity index (χ4v) is 3.01. The maximum Gasteiger partial charge on any atom is 0.229 e. The number of methoxy groups -OCH3 is 1. The molecule has 1 aromatic heterocycles. The molecule has 1 aliphatic heterocycles. The normalized spacial score (nSPS) is 15.3. The summed E-state index contributed by atoms with van der Waals surface area (Å²) in [6.07, 6.45) is 0. The summed E-state index contributed by atoms with van der Waals surface area (Å²) < 4.78 is 5.42. The van der Waals surface area contributed by atoms with E-state index in [1.807, 2.05) is 26.0 Å². The maximum atomic E-state index is 6.18. The van der Waals surface area contributed by atoms with Crippen molar-refractivity contribution in [2.24, 2.45) is 0 Å². The highest BCUT2D eigenvalue weighted by Crippen LogP contribution is 2.32. The lowest BCUT2D eigenvalue weighted by atomic mass is 10.2. The number of anilines is 3. The SMILES string of the molecule is COc1cc(Cl)c(C)cc1Nc1nc(C)cc(N2CCN(C)CC2)n1. The molecule has 1 aromatic carbocycles. The predicted octanol–water partition coefficient (Wildman–Crippen LogP) is 3.25. The number of aryl methyl sites for hydroxylation is 2. The average molecular weight is 362 g/mol. The van der Waals surface area contributed by atoms with Crippen LogP contribution < -0.4 is 15.0 Å². The molecule has 1 N–H and O–H groups in total. The first kappa shape index (κ1) is 17.8. The molecule has 0 saturated carbocycles. The molecule has 0 atom stereocenters. The fourth-order valence-electron chi connectivity index (χ4n) is 2.86. The van der Waals surface area contributed by atoms with Crippen molar-refractivity contribution < 1.29 is 4.74 Å². The third kappa shape index (κ3) is 4.14.